The molecule has 0 aliphatic carbocycles. The summed E-state index contributed by atoms with van der Waals surface area (Å²) in [7, 11) is 3.68. The first kappa shape index (κ1) is 19.7. The Kier molecular flexibility index (Phi) is 6.49. The van der Waals surface area contributed by atoms with Crippen molar-refractivity contribution in [2.45, 2.75) is 19.4 Å². The van der Waals surface area contributed by atoms with Crippen molar-refractivity contribution >= 4 is 17.5 Å². The topological polar surface area (TPSA) is 79.9 Å². The minimum Gasteiger partial charge on any atom is -0.454 e. The lowest BCUT2D eigenvalue weighted by atomic mass is 10.1. The highest BCUT2D eigenvalue weighted by Crippen LogP contribution is 2.32. The molecule has 2 amide bonds. The first-order chi connectivity index (χ1) is 13.5. The Morgan fingerprint density at radius 3 is 2.64 bits per heavy atom. The fourth-order valence-electron chi connectivity index (χ4n) is 2.89. The Morgan fingerprint density at radius 2 is 1.82 bits per heavy atom. The minimum absolute atomic E-state index is 0.0280. The molecule has 0 unspecified atom stereocenters. The van der Waals surface area contributed by atoms with Crippen molar-refractivity contribution in [1.29, 1.82) is 0 Å². The van der Waals surface area contributed by atoms with Gasteiger partial charge in [-0.1, -0.05) is 18.2 Å². The van der Waals surface area contributed by atoms with Crippen LogP contribution in [0.1, 0.15) is 17.5 Å². The number of anilines is 1. The molecule has 0 atom stereocenters. The number of amides is 2. The van der Waals surface area contributed by atoms with Crippen LogP contribution < -0.4 is 20.1 Å². The lowest BCUT2D eigenvalue weighted by Gasteiger charge is -2.11. The zero-order chi connectivity index (χ0) is 19.9. The average molecular weight is 383 g/mol. The van der Waals surface area contributed by atoms with Gasteiger partial charge in [0, 0.05) is 18.7 Å². The third-order valence-corrected chi connectivity index (χ3v) is 4.24. The molecule has 2 aromatic rings. The summed E-state index contributed by atoms with van der Waals surface area (Å²) in [5.74, 6) is 1.37. The van der Waals surface area contributed by atoms with Gasteiger partial charge in [0.15, 0.2) is 11.5 Å². The van der Waals surface area contributed by atoms with Gasteiger partial charge in [-0.3, -0.25) is 9.59 Å². The molecular formula is C21H25N3O4. The lowest BCUT2D eigenvalue weighted by molar-refractivity contribution is -0.121. The van der Waals surface area contributed by atoms with Crippen LogP contribution in [0.15, 0.2) is 42.5 Å². The second-order valence-electron chi connectivity index (χ2n) is 6.95. The van der Waals surface area contributed by atoms with Crippen molar-refractivity contribution in [3.63, 3.8) is 0 Å². The molecule has 0 bridgehead atoms. The standard InChI is InChI=1S/C21H25N3O4/c1-24(2)13-21(26)23-17-5-3-4-16(10-17)12-22-20(25)9-7-15-6-8-18-19(11-15)28-14-27-18/h3-6,8,10-11H,7,9,12-14H2,1-2H3,(H,22,25)(H,23,26). The van der Waals surface area contributed by atoms with Crippen LogP contribution in [0.2, 0.25) is 0 Å². The van der Waals surface area contributed by atoms with Crippen molar-refractivity contribution in [1.82, 2.24) is 10.2 Å². The third-order valence-electron chi connectivity index (χ3n) is 4.24. The fraction of sp³-hybridized carbons (Fsp3) is 0.333. The predicted molar refractivity (Wildman–Crippen MR) is 106 cm³/mol. The molecule has 2 aromatic carbocycles. The number of nitrogens with zero attached hydrogens (tertiary/aromatic N) is 1. The summed E-state index contributed by atoms with van der Waals surface area (Å²) in [6.07, 6.45) is 1.02. The Labute approximate surface area is 164 Å². The zero-order valence-electron chi connectivity index (χ0n) is 16.2. The number of nitrogens with one attached hydrogen (secondary N) is 2. The summed E-state index contributed by atoms with van der Waals surface area (Å²) in [6, 6.07) is 13.2. The van der Waals surface area contributed by atoms with Gasteiger partial charge in [-0.15, -0.1) is 0 Å². The van der Waals surface area contributed by atoms with Crippen molar-refractivity contribution in [2.75, 3.05) is 32.7 Å². The van der Waals surface area contributed by atoms with E-state index in [9.17, 15) is 9.59 Å². The van der Waals surface area contributed by atoms with Crippen LogP contribution in [0, 0.1) is 0 Å². The molecule has 1 heterocycles. The van der Waals surface area contributed by atoms with Crippen molar-refractivity contribution in [3.8, 4) is 11.5 Å². The van der Waals surface area contributed by atoms with E-state index in [1.807, 2.05) is 56.6 Å². The SMILES string of the molecule is CN(C)CC(=O)Nc1cccc(CNC(=O)CCc2ccc3c(c2)OCO3)c1. The number of hydrogen-bond acceptors (Lipinski definition) is 5. The van der Waals surface area contributed by atoms with Crippen LogP contribution in [-0.2, 0) is 22.6 Å². The van der Waals surface area contributed by atoms with Gasteiger partial charge in [-0.05, 0) is 55.9 Å². The first-order valence-electron chi connectivity index (χ1n) is 9.18. The maximum absolute atomic E-state index is 12.2. The number of benzene rings is 2. The van der Waals surface area contributed by atoms with E-state index >= 15 is 0 Å². The van der Waals surface area contributed by atoms with E-state index in [1.165, 1.54) is 0 Å². The molecule has 0 fully saturated rings. The van der Waals surface area contributed by atoms with E-state index in [0.717, 1.165) is 28.3 Å². The maximum Gasteiger partial charge on any atom is 0.238 e. The number of fused-ring (bicyclic) bond motifs is 1. The van der Waals surface area contributed by atoms with Gasteiger partial charge < -0.3 is 25.0 Å². The predicted octanol–water partition coefficient (Wildman–Crippen LogP) is 2.16. The molecule has 0 saturated heterocycles. The Balaban J connectivity index is 1.45. The summed E-state index contributed by atoms with van der Waals surface area (Å²) < 4.78 is 10.6. The highest BCUT2D eigenvalue weighted by Gasteiger charge is 2.13. The van der Waals surface area contributed by atoms with E-state index in [4.69, 9.17) is 9.47 Å². The Bertz CT molecular complexity index is 851. The van der Waals surface area contributed by atoms with Crippen molar-refractivity contribution in [3.05, 3.63) is 53.6 Å². The monoisotopic (exact) mass is 383 g/mol. The normalized spacial score (nSPS) is 12.1. The van der Waals surface area contributed by atoms with Crippen molar-refractivity contribution < 1.29 is 19.1 Å². The van der Waals surface area contributed by atoms with Crippen LogP contribution in [0.25, 0.3) is 0 Å². The van der Waals surface area contributed by atoms with E-state index in [2.05, 4.69) is 10.6 Å². The van der Waals surface area contributed by atoms with E-state index in [1.54, 1.807) is 4.90 Å². The van der Waals surface area contributed by atoms with Gasteiger partial charge in [0.05, 0.1) is 6.54 Å². The Morgan fingerprint density at radius 1 is 1.00 bits per heavy atom. The first-order valence-corrected chi connectivity index (χ1v) is 9.18. The number of rotatable bonds is 8. The van der Waals surface area contributed by atoms with Crippen LogP contribution >= 0.6 is 0 Å². The number of aryl methyl sites for hydroxylation is 1. The second-order valence-corrected chi connectivity index (χ2v) is 6.95. The highest BCUT2D eigenvalue weighted by molar-refractivity contribution is 5.92. The van der Waals surface area contributed by atoms with Crippen LogP contribution in [-0.4, -0.2) is 44.1 Å². The molecular weight excluding hydrogens is 358 g/mol. The van der Waals surface area contributed by atoms with Crippen LogP contribution in [0.5, 0.6) is 11.5 Å². The fourth-order valence-corrected chi connectivity index (χ4v) is 2.89. The van der Waals surface area contributed by atoms with Gasteiger partial charge in [0.25, 0.3) is 0 Å². The molecule has 0 radical (unpaired) electrons. The van der Waals surface area contributed by atoms with E-state index in [0.29, 0.717) is 25.9 Å². The quantitative estimate of drug-likeness (QED) is 0.730. The van der Waals surface area contributed by atoms with Gasteiger partial charge in [0.2, 0.25) is 18.6 Å². The molecule has 0 spiro atoms. The average Bonchev–Trinajstić information content (AvgIpc) is 3.12. The molecule has 148 valence electrons. The third kappa shape index (κ3) is 5.72. The largest absolute Gasteiger partial charge is 0.454 e. The van der Waals surface area contributed by atoms with E-state index < -0.39 is 0 Å². The number of ether oxygens (including phenoxy) is 2. The summed E-state index contributed by atoms with van der Waals surface area (Å²) in [4.78, 5) is 25.8. The molecule has 7 heteroatoms. The summed E-state index contributed by atoms with van der Waals surface area (Å²) in [5, 5.41) is 5.77. The molecule has 1 aliphatic heterocycles. The molecule has 1 aliphatic rings. The number of carbonyl (C=O) groups is 2. The van der Waals surface area contributed by atoms with Gasteiger partial charge in [-0.2, -0.15) is 0 Å². The number of likely N-dealkylation sites (N-methyl/N-ethyl adjacent to an activating group) is 1. The number of hydrogen-bond donors (Lipinski definition) is 2. The molecule has 0 saturated carbocycles. The lowest BCUT2D eigenvalue weighted by Crippen LogP contribution is -2.27. The summed E-state index contributed by atoms with van der Waals surface area (Å²) in [6.45, 7) is 0.978. The minimum atomic E-state index is -0.0742. The maximum atomic E-state index is 12.2. The molecule has 0 aromatic heterocycles. The highest BCUT2D eigenvalue weighted by atomic mass is 16.7. The van der Waals surface area contributed by atoms with Gasteiger partial charge in [0.1, 0.15) is 0 Å². The Hall–Kier alpha value is -3.06. The van der Waals surface area contributed by atoms with Crippen LogP contribution in [0.4, 0.5) is 5.69 Å². The van der Waals surface area contributed by atoms with Crippen molar-refractivity contribution in [2.24, 2.45) is 0 Å². The zero-order valence-corrected chi connectivity index (χ0v) is 16.2. The number of carbonyl (C=O) groups excluding carboxylic acids is 2. The van der Waals surface area contributed by atoms with E-state index in [-0.39, 0.29) is 18.6 Å². The smallest absolute Gasteiger partial charge is 0.238 e. The van der Waals surface area contributed by atoms with Gasteiger partial charge >= 0.3 is 0 Å². The molecule has 7 nitrogen and oxygen atoms in total. The van der Waals surface area contributed by atoms with Gasteiger partial charge in [-0.25, -0.2) is 0 Å². The molecule has 28 heavy (non-hydrogen) atoms. The summed E-state index contributed by atoms with van der Waals surface area (Å²) in [5.41, 5.74) is 2.68. The van der Waals surface area contributed by atoms with Crippen LogP contribution in [0.3, 0.4) is 0 Å². The molecule has 2 N–H and O–H groups in total. The second kappa shape index (κ2) is 9.23. The molecule has 3 rings (SSSR count). The summed E-state index contributed by atoms with van der Waals surface area (Å²) >= 11 is 0.